The molecule has 0 N–H and O–H groups in total. The predicted molar refractivity (Wildman–Crippen MR) is 276 cm³/mol. The van der Waals surface area contributed by atoms with Crippen LogP contribution in [0.5, 0.6) is 0 Å². The van der Waals surface area contributed by atoms with Gasteiger partial charge in [0.2, 0.25) is 5.78 Å². The lowest BCUT2D eigenvalue weighted by atomic mass is 9.92. The summed E-state index contributed by atoms with van der Waals surface area (Å²) in [7, 11) is 0. The van der Waals surface area contributed by atoms with Crippen molar-refractivity contribution in [3.05, 3.63) is 205 Å². The van der Waals surface area contributed by atoms with Gasteiger partial charge >= 0.3 is 0 Å². The number of benzene rings is 10. The van der Waals surface area contributed by atoms with Crippen molar-refractivity contribution in [3.63, 3.8) is 0 Å². The molecule has 4 nitrogen and oxygen atoms in total. The summed E-state index contributed by atoms with van der Waals surface area (Å²) in [6.07, 6.45) is 0. The van der Waals surface area contributed by atoms with E-state index >= 15 is 0 Å². The summed E-state index contributed by atoms with van der Waals surface area (Å²) in [5.41, 5.74) is 13.2. The van der Waals surface area contributed by atoms with Crippen molar-refractivity contribution in [2.75, 3.05) is 0 Å². The second kappa shape index (κ2) is 13.1. The third-order valence-electron chi connectivity index (χ3n) is 13.9. The fraction of sp³-hybridized carbons (Fsp3) is 0. The molecular weight excluding hydrogens is 832 g/mol. The summed E-state index contributed by atoms with van der Waals surface area (Å²) in [6.45, 7) is 0. The van der Waals surface area contributed by atoms with Crippen molar-refractivity contribution in [1.29, 1.82) is 0 Å². The Morgan fingerprint density at radius 1 is 0.385 bits per heavy atom. The van der Waals surface area contributed by atoms with Crippen LogP contribution in [0.1, 0.15) is 0 Å². The van der Waals surface area contributed by atoms with Gasteiger partial charge in [0.25, 0.3) is 0 Å². The molecule has 0 atom stereocenters. The number of halogens is 1. The van der Waals surface area contributed by atoms with E-state index in [4.69, 9.17) is 16.6 Å². The summed E-state index contributed by atoms with van der Waals surface area (Å²) >= 11 is 9.50. The van der Waals surface area contributed by atoms with Crippen LogP contribution in [0, 0.1) is 0 Å². The van der Waals surface area contributed by atoms with Gasteiger partial charge in [-0.1, -0.05) is 139 Å². The monoisotopic (exact) mass is 864 g/mol. The van der Waals surface area contributed by atoms with Crippen LogP contribution < -0.4 is 0 Å². The fourth-order valence-corrected chi connectivity index (χ4v) is 12.5. The maximum absolute atomic E-state index is 7.67. The van der Waals surface area contributed by atoms with Crippen LogP contribution in [-0.4, -0.2) is 18.5 Å². The summed E-state index contributed by atoms with van der Waals surface area (Å²) in [6, 6.07) is 72.7. The van der Waals surface area contributed by atoms with Gasteiger partial charge in [-0.15, -0.1) is 11.3 Å². The number of thiophene rings is 1. The Balaban J connectivity index is 1.08. The van der Waals surface area contributed by atoms with Gasteiger partial charge in [0.15, 0.2) is 0 Å². The Hall–Kier alpha value is -7.96. The normalized spacial score (nSPS) is 12.4. The number of para-hydroxylation sites is 2. The molecule has 0 radical (unpaired) electrons. The largest absolute Gasteiger partial charge is 0.309 e. The molecule has 11 aromatic carbocycles. The molecule has 0 aliphatic rings. The Labute approximate surface area is 380 Å². The van der Waals surface area contributed by atoms with Gasteiger partial charge in [0.05, 0.1) is 38.3 Å². The van der Waals surface area contributed by atoms with Gasteiger partial charge in [-0.05, 0) is 117 Å². The SMILES string of the molecule is Clc1cc(-n2c3ccccc3c3ccccc32)ccc1-n1c2ccc3c4cc(-c5ccccc5)c(-c5ccccc5)cc4c4ccc(c2c34)n2c3ccc4sc5ccccc5c4c3nc12. The quantitative estimate of drug-likeness (QED) is 0.173. The van der Waals surface area contributed by atoms with Crippen molar-refractivity contribution in [2.45, 2.75) is 0 Å². The molecule has 15 aromatic rings. The van der Waals surface area contributed by atoms with Crippen LogP contribution in [0.4, 0.5) is 0 Å². The van der Waals surface area contributed by atoms with Crippen molar-refractivity contribution in [2.24, 2.45) is 0 Å². The molecule has 0 bridgehead atoms. The van der Waals surface area contributed by atoms with E-state index in [2.05, 4.69) is 214 Å². The number of rotatable bonds is 4. The molecule has 0 amide bonds. The van der Waals surface area contributed by atoms with E-state index in [-0.39, 0.29) is 0 Å². The number of imidazole rings is 1. The van der Waals surface area contributed by atoms with E-state index in [0.717, 1.165) is 50.3 Å². The first kappa shape index (κ1) is 35.5. The first-order chi connectivity index (χ1) is 32.2. The molecule has 4 heterocycles. The van der Waals surface area contributed by atoms with Crippen LogP contribution in [0.15, 0.2) is 200 Å². The Morgan fingerprint density at radius 3 is 1.63 bits per heavy atom. The predicted octanol–water partition coefficient (Wildman–Crippen LogP) is 16.8. The molecule has 4 aromatic heterocycles. The topological polar surface area (TPSA) is 27.2 Å². The highest BCUT2D eigenvalue weighted by atomic mass is 35.5. The number of nitrogens with zero attached hydrogens (tertiary/aromatic N) is 4. The zero-order chi connectivity index (χ0) is 42.5. The Morgan fingerprint density at radius 2 is 0.969 bits per heavy atom. The summed E-state index contributed by atoms with van der Waals surface area (Å²) in [5.74, 6) is 0.818. The molecule has 6 heteroatoms. The molecular formula is C59H33ClN4S. The molecule has 0 unspecified atom stereocenters. The van der Waals surface area contributed by atoms with E-state index < -0.39 is 0 Å². The van der Waals surface area contributed by atoms with Crippen LogP contribution in [0.2, 0.25) is 5.02 Å². The summed E-state index contributed by atoms with van der Waals surface area (Å²) in [4.78, 5) is 5.66. The second-order valence-corrected chi connectivity index (χ2v) is 18.7. The van der Waals surface area contributed by atoms with Gasteiger partial charge in [0.1, 0.15) is 5.52 Å². The Bertz CT molecular complexity index is 4350. The maximum atomic E-state index is 7.67. The van der Waals surface area contributed by atoms with Gasteiger partial charge in [0, 0.05) is 47.4 Å². The van der Waals surface area contributed by atoms with Crippen LogP contribution in [0.25, 0.3) is 136 Å². The molecule has 0 aliphatic carbocycles. The van der Waals surface area contributed by atoms with E-state index in [9.17, 15) is 0 Å². The molecule has 0 aliphatic heterocycles. The van der Waals surface area contributed by atoms with Crippen LogP contribution in [0.3, 0.4) is 0 Å². The molecule has 15 rings (SSSR count). The second-order valence-electron chi connectivity index (χ2n) is 17.2. The zero-order valence-corrected chi connectivity index (χ0v) is 36.2. The molecule has 0 fully saturated rings. The van der Waals surface area contributed by atoms with Crippen molar-refractivity contribution >= 4 is 125 Å². The minimum atomic E-state index is 0.643. The maximum Gasteiger partial charge on any atom is 0.220 e. The molecule has 302 valence electrons. The molecule has 0 saturated carbocycles. The van der Waals surface area contributed by atoms with Crippen molar-refractivity contribution in [1.82, 2.24) is 18.5 Å². The number of hydrogen-bond acceptors (Lipinski definition) is 2. The smallest absolute Gasteiger partial charge is 0.220 e. The van der Waals surface area contributed by atoms with Crippen LogP contribution in [-0.2, 0) is 0 Å². The Kier molecular flexibility index (Phi) is 7.13. The van der Waals surface area contributed by atoms with Gasteiger partial charge < -0.3 is 4.57 Å². The lowest BCUT2D eigenvalue weighted by molar-refractivity contribution is 1.06. The number of hydrogen-bond donors (Lipinski definition) is 0. The highest BCUT2D eigenvalue weighted by Crippen LogP contribution is 2.48. The highest BCUT2D eigenvalue weighted by molar-refractivity contribution is 7.26. The first-order valence-corrected chi connectivity index (χ1v) is 23.2. The van der Waals surface area contributed by atoms with E-state index in [1.165, 1.54) is 85.5 Å². The molecule has 0 saturated heterocycles. The zero-order valence-electron chi connectivity index (χ0n) is 34.6. The minimum absolute atomic E-state index is 0.643. The summed E-state index contributed by atoms with van der Waals surface area (Å²) in [5, 5.41) is 12.9. The van der Waals surface area contributed by atoms with E-state index in [0.29, 0.717) is 5.02 Å². The van der Waals surface area contributed by atoms with Gasteiger partial charge in [-0.3, -0.25) is 8.97 Å². The number of fused-ring (bicyclic) bond motifs is 14. The standard InChI is InChI=1S/C59H33ClN4S/c60-46-31-36(62-47-20-10-7-17-37(47)38-18-8-11-21-48(38)62)23-26-49(46)63-50-27-24-39-44-32-42(34-13-3-1-4-14-34)43(35-15-5-2-6-16-35)33-45(44)40-25-28-51(57(50)55(39)40)64-52-29-30-54-56(58(52)61-59(63)64)41-19-9-12-22-53(41)65-54/h1-33H. The van der Waals surface area contributed by atoms with Crippen LogP contribution >= 0.6 is 22.9 Å². The lowest BCUT2D eigenvalue weighted by Gasteiger charge is -2.19. The fourth-order valence-electron chi connectivity index (χ4n) is 11.1. The minimum Gasteiger partial charge on any atom is -0.309 e. The van der Waals surface area contributed by atoms with Crippen molar-refractivity contribution < 1.29 is 0 Å². The molecule has 65 heavy (non-hydrogen) atoms. The van der Waals surface area contributed by atoms with E-state index in [1.54, 1.807) is 0 Å². The van der Waals surface area contributed by atoms with Gasteiger partial charge in [-0.2, -0.15) is 0 Å². The average Bonchev–Trinajstić information content (AvgIpc) is 4.11. The van der Waals surface area contributed by atoms with Gasteiger partial charge in [-0.25, -0.2) is 4.98 Å². The summed E-state index contributed by atoms with van der Waals surface area (Å²) < 4.78 is 9.50. The third kappa shape index (κ3) is 4.78. The average molecular weight is 865 g/mol. The van der Waals surface area contributed by atoms with E-state index in [1.807, 2.05) is 11.3 Å². The highest BCUT2D eigenvalue weighted by Gasteiger charge is 2.25. The third-order valence-corrected chi connectivity index (χ3v) is 15.3. The molecule has 0 spiro atoms. The first-order valence-electron chi connectivity index (χ1n) is 22.0. The van der Waals surface area contributed by atoms with Crippen molar-refractivity contribution in [3.8, 4) is 33.6 Å². The lowest BCUT2D eigenvalue weighted by Crippen LogP contribution is -2.06. The number of aromatic nitrogens is 4.